The summed E-state index contributed by atoms with van der Waals surface area (Å²) in [6.07, 6.45) is 3.30. The summed E-state index contributed by atoms with van der Waals surface area (Å²) in [5.41, 5.74) is -1.87. The van der Waals surface area contributed by atoms with Crippen LogP contribution in [0.3, 0.4) is 0 Å². The van der Waals surface area contributed by atoms with E-state index >= 15 is 0 Å². The Labute approximate surface area is 163 Å². The van der Waals surface area contributed by atoms with Crippen LogP contribution in [0, 0.1) is 5.92 Å². The summed E-state index contributed by atoms with van der Waals surface area (Å²) in [5, 5.41) is 17.2. The largest absolute Gasteiger partial charge is 0.480 e. The molecule has 0 bridgehead atoms. The Hall–Kier alpha value is -2.90. The first-order chi connectivity index (χ1) is 13.2. The number of hydrogen-bond donors (Lipinski definition) is 4. The van der Waals surface area contributed by atoms with Gasteiger partial charge in [0, 0.05) is 5.56 Å². The molecule has 150 valence electrons. The van der Waals surface area contributed by atoms with Gasteiger partial charge in [0.25, 0.3) is 11.8 Å². The number of nitrogens with one attached hydrogen (secondary N) is 3. The maximum absolute atomic E-state index is 12.8. The quantitative estimate of drug-likeness (QED) is 0.574. The SMILES string of the molecule is CCC1CCC(NC(=O)c2cccc(C3(C)NC(=O)NC3=O)c2)(C(=O)O)CC1. The maximum Gasteiger partial charge on any atom is 0.329 e. The molecule has 2 aliphatic rings. The molecule has 2 fully saturated rings. The Morgan fingerprint density at radius 1 is 1.25 bits per heavy atom. The van der Waals surface area contributed by atoms with Gasteiger partial charge in [-0.15, -0.1) is 0 Å². The van der Waals surface area contributed by atoms with Crippen LogP contribution in [0.25, 0.3) is 0 Å². The van der Waals surface area contributed by atoms with Crippen molar-refractivity contribution in [3.05, 3.63) is 35.4 Å². The Morgan fingerprint density at radius 3 is 2.46 bits per heavy atom. The number of carbonyl (C=O) groups is 4. The van der Waals surface area contributed by atoms with Crippen LogP contribution in [-0.2, 0) is 15.1 Å². The molecule has 1 unspecified atom stereocenters. The lowest BCUT2D eigenvalue weighted by Gasteiger charge is -2.37. The van der Waals surface area contributed by atoms with E-state index in [0.29, 0.717) is 24.3 Å². The number of benzene rings is 1. The molecular formula is C20H25N3O5. The molecule has 1 aromatic carbocycles. The topological polar surface area (TPSA) is 125 Å². The van der Waals surface area contributed by atoms with Crippen molar-refractivity contribution in [1.82, 2.24) is 16.0 Å². The van der Waals surface area contributed by atoms with Crippen molar-refractivity contribution in [2.45, 2.75) is 57.0 Å². The predicted octanol–water partition coefficient (Wildman–Crippen LogP) is 1.89. The molecule has 1 aliphatic carbocycles. The van der Waals surface area contributed by atoms with Crippen LogP contribution < -0.4 is 16.0 Å². The van der Waals surface area contributed by atoms with Gasteiger partial charge in [-0.05, 0) is 56.2 Å². The highest BCUT2D eigenvalue weighted by Crippen LogP contribution is 2.34. The standard InChI is InChI=1S/C20H25N3O5/c1-3-12-7-9-20(10-8-12,17(26)27)22-15(24)13-5-4-6-14(11-13)19(2)16(25)21-18(28)23-19/h4-6,11-12H,3,7-10H2,1-2H3,(H,22,24)(H,26,27)(H2,21,23,25,28). The van der Waals surface area contributed by atoms with Crippen molar-refractivity contribution in [3.63, 3.8) is 0 Å². The second-order valence-corrected chi connectivity index (χ2v) is 7.81. The Morgan fingerprint density at radius 2 is 1.93 bits per heavy atom. The van der Waals surface area contributed by atoms with Crippen LogP contribution >= 0.6 is 0 Å². The Bertz CT molecular complexity index is 829. The lowest BCUT2D eigenvalue weighted by atomic mass is 9.75. The molecule has 0 spiro atoms. The molecule has 4 amide bonds. The van der Waals surface area contributed by atoms with Gasteiger partial charge in [-0.25, -0.2) is 9.59 Å². The predicted molar refractivity (Wildman–Crippen MR) is 101 cm³/mol. The zero-order chi connectivity index (χ0) is 20.5. The van der Waals surface area contributed by atoms with Crippen molar-refractivity contribution in [2.75, 3.05) is 0 Å². The van der Waals surface area contributed by atoms with Crippen LogP contribution in [-0.4, -0.2) is 34.5 Å². The van der Waals surface area contributed by atoms with Gasteiger partial charge in [0.1, 0.15) is 11.1 Å². The van der Waals surface area contributed by atoms with E-state index in [9.17, 15) is 24.3 Å². The van der Waals surface area contributed by atoms with Crippen molar-refractivity contribution in [2.24, 2.45) is 5.92 Å². The monoisotopic (exact) mass is 387 g/mol. The van der Waals surface area contributed by atoms with Gasteiger partial charge in [-0.1, -0.05) is 25.5 Å². The highest BCUT2D eigenvalue weighted by Gasteiger charge is 2.45. The Kier molecular flexibility index (Phi) is 5.14. The lowest BCUT2D eigenvalue weighted by molar-refractivity contribution is -0.146. The first-order valence-corrected chi connectivity index (χ1v) is 9.50. The average Bonchev–Trinajstić information content (AvgIpc) is 2.95. The van der Waals surface area contributed by atoms with E-state index in [1.54, 1.807) is 25.1 Å². The molecule has 1 heterocycles. The molecular weight excluding hydrogens is 362 g/mol. The molecule has 1 aromatic rings. The summed E-state index contributed by atoms with van der Waals surface area (Å²) in [5.74, 6) is -1.56. The Balaban J connectivity index is 1.82. The van der Waals surface area contributed by atoms with Gasteiger partial charge in [0.05, 0.1) is 0 Å². The molecule has 1 aliphatic heterocycles. The normalized spacial score (nSPS) is 29.7. The van der Waals surface area contributed by atoms with Gasteiger partial charge in [0.15, 0.2) is 0 Å². The number of carboxylic acid groups (broad SMARTS) is 1. The molecule has 8 nitrogen and oxygen atoms in total. The fourth-order valence-electron chi connectivity index (χ4n) is 3.98. The van der Waals surface area contributed by atoms with Crippen LogP contribution in [0.2, 0.25) is 0 Å². The number of aliphatic carboxylic acids is 1. The molecule has 0 radical (unpaired) electrons. The van der Waals surface area contributed by atoms with Crippen molar-refractivity contribution in [1.29, 1.82) is 0 Å². The summed E-state index contributed by atoms with van der Waals surface area (Å²) in [7, 11) is 0. The fourth-order valence-corrected chi connectivity index (χ4v) is 3.98. The highest BCUT2D eigenvalue weighted by atomic mass is 16.4. The molecule has 0 aromatic heterocycles. The minimum atomic E-state index is -1.28. The summed E-state index contributed by atoms with van der Waals surface area (Å²) >= 11 is 0. The van der Waals surface area contributed by atoms with E-state index in [-0.39, 0.29) is 5.56 Å². The van der Waals surface area contributed by atoms with Crippen LogP contribution in [0.4, 0.5) is 4.79 Å². The number of hydrogen-bond acceptors (Lipinski definition) is 4. The highest BCUT2D eigenvalue weighted by molar-refractivity contribution is 6.07. The number of carboxylic acids is 1. The first kappa shape index (κ1) is 19.9. The van der Waals surface area contributed by atoms with E-state index in [1.807, 2.05) is 0 Å². The summed E-state index contributed by atoms with van der Waals surface area (Å²) in [6.45, 7) is 3.63. The zero-order valence-electron chi connectivity index (χ0n) is 16.0. The third kappa shape index (κ3) is 3.46. The molecule has 8 heteroatoms. The first-order valence-electron chi connectivity index (χ1n) is 9.50. The lowest BCUT2D eigenvalue weighted by Crippen LogP contribution is -2.56. The molecule has 3 rings (SSSR count). The van der Waals surface area contributed by atoms with Gasteiger partial charge < -0.3 is 15.7 Å². The van der Waals surface area contributed by atoms with Gasteiger partial charge in [0.2, 0.25) is 0 Å². The number of rotatable bonds is 5. The second-order valence-electron chi connectivity index (χ2n) is 7.81. The van der Waals surface area contributed by atoms with Crippen LogP contribution in [0.15, 0.2) is 24.3 Å². The molecule has 28 heavy (non-hydrogen) atoms. The number of carbonyl (C=O) groups excluding carboxylic acids is 3. The summed E-state index contributed by atoms with van der Waals surface area (Å²) < 4.78 is 0. The summed E-state index contributed by atoms with van der Waals surface area (Å²) in [6, 6.07) is 5.72. The third-order valence-electron chi connectivity index (χ3n) is 6.05. The van der Waals surface area contributed by atoms with Crippen molar-refractivity contribution < 1.29 is 24.3 Å². The number of imide groups is 1. The van der Waals surface area contributed by atoms with E-state index in [1.165, 1.54) is 6.07 Å². The summed E-state index contributed by atoms with van der Waals surface area (Å²) in [4.78, 5) is 48.4. The number of amides is 4. The number of urea groups is 1. The van der Waals surface area contributed by atoms with Gasteiger partial charge in [-0.2, -0.15) is 0 Å². The third-order valence-corrected chi connectivity index (χ3v) is 6.05. The van der Waals surface area contributed by atoms with Crippen LogP contribution in [0.1, 0.15) is 61.9 Å². The smallest absolute Gasteiger partial charge is 0.329 e. The van der Waals surface area contributed by atoms with Crippen LogP contribution in [0.5, 0.6) is 0 Å². The van der Waals surface area contributed by atoms with E-state index < -0.39 is 34.9 Å². The second kappa shape index (κ2) is 7.26. The van der Waals surface area contributed by atoms with Crippen molar-refractivity contribution >= 4 is 23.8 Å². The van der Waals surface area contributed by atoms with Gasteiger partial charge >= 0.3 is 12.0 Å². The van der Waals surface area contributed by atoms with Crippen molar-refractivity contribution in [3.8, 4) is 0 Å². The van der Waals surface area contributed by atoms with E-state index in [4.69, 9.17) is 0 Å². The maximum atomic E-state index is 12.8. The van der Waals surface area contributed by atoms with Gasteiger partial charge in [-0.3, -0.25) is 14.9 Å². The average molecular weight is 387 g/mol. The van der Waals surface area contributed by atoms with E-state index in [2.05, 4.69) is 22.9 Å². The minimum absolute atomic E-state index is 0.242. The minimum Gasteiger partial charge on any atom is -0.480 e. The zero-order valence-corrected chi connectivity index (χ0v) is 16.0. The molecule has 4 N–H and O–H groups in total. The molecule has 1 atom stereocenters. The van der Waals surface area contributed by atoms with E-state index in [0.717, 1.165) is 19.3 Å². The molecule has 1 saturated carbocycles. The molecule has 1 saturated heterocycles. The fraction of sp³-hybridized carbons (Fsp3) is 0.500.